The van der Waals surface area contributed by atoms with Crippen molar-refractivity contribution in [3.63, 3.8) is 0 Å². The SMILES string of the molecule is Oc1cc2c(cc1CNc1ccc(Cl)c(Cl)c1)OCO2. The minimum absolute atomic E-state index is 0.154. The molecule has 1 aliphatic rings. The van der Waals surface area contributed by atoms with E-state index < -0.39 is 0 Å². The van der Waals surface area contributed by atoms with E-state index in [0.717, 1.165) is 5.69 Å². The number of phenols is 1. The van der Waals surface area contributed by atoms with Crippen molar-refractivity contribution < 1.29 is 14.6 Å². The van der Waals surface area contributed by atoms with Gasteiger partial charge in [-0.25, -0.2) is 0 Å². The number of phenolic OH excluding ortho intramolecular Hbond substituents is 1. The standard InChI is InChI=1S/C14H11Cl2NO3/c15-10-2-1-9(4-11(10)16)17-6-8-3-13-14(5-12(8)18)20-7-19-13/h1-5,17-18H,6-7H2. The zero-order valence-corrected chi connectivity index (χ0v) is 11.8. The van der Waals surface area contributed by atoms with Gasteiger partial charge in [0.05, 0.1) is 10.0 Å². The number of rotatable bonds is 3. The number of ether oxygens (including phenoxy) is 2. The maximum atomic E-state index is 9.93. The van der Waals surface area contributed by atoms with Gasteiger partial charge >= 0.3 is 0 Å². The zero-order valence-electron chi connectivity index (χ0n) is 10.3. The normalized spacial score (nSPS) is 12.5. The van der Waals surface area contributed by atoms with Crippen LogP contribution in [0.5, 0.6) is 17.2 Å². The predicted octanol–water partition coefficient (Wildman–Crippen LogP) is 4.04. The van der Waals surface area contributed by atoms with Crippen LogP contribution in [0.3, 0.4) is 0 Å². The number of hydrogen-bond acceptors (Lipinski definition) is 4. The molecule has 104 valence electrons. The highest BCUT2D eigenvalue weighted by Crippen LogP contribution is 2.37. The summed E-state index contributed by atoms with van der Waals surface area (Å²) in [5.41, 5.74) is 1.52. The third-order valence-corrected chi connectivity index (χ3v) is 3.72. The first-order valence-electron chi connectivity index (χ1n) is 5.94. The maximum absolute atomic E-state index is 9.93. The number of nitrogens with one attached hydrogen (secondary N) is 1. The summed E-state index contributed by atoms with van der Waals surface area (Å²) in [5.74, 6) is 1.34. The van der Waals surface area contributed by atoms with E-state index >= 15 is 0 Å². The first-order valence-corrected chi connectivity index (χ1v) is 6.69. The van der Waals surface area contributed by atoms with Crippen molar-refractivity contribution in [2.75, 3.05) is 12.1 Å². The van der Waals surface area contributed by atoms with Crippen molar-refractivity contribution in [1.29, 1.82) is 0 Å². The van der Waals surface area contributed by atoms with Gasteiger partial charge in [0, 0.05) is 23.9 Å². The van der Waals surface area contributed by atoms with Crippen molar-refractivity contribution in [2.45, 2.75) is 6.54 Å². The molecule has 0 amide bonds. The lowest BCUT2D eigenvalue weighted by Crippen LogP contribution is -1.99. The highest BCUT2D eigenvalue weighted by Gasteiger charge is 2.16. The lowest BCUT2D eigenvalue weighted by atomic mass is 10.1. The number of fused-ring (bicyclic) bond motifs is 1. The Morgan fingerprint density at radius 3 is 2.55 bits per heavy atom. The van der Waals surface area contributed by atoms with Gasteiger partial charge < -0.3 is 19.9 Å². The van der Waals surface area contributed by atoms with Crippen LogP contribution in [0, 0.1) is 0 Å². The van der Waals surface area contributed by atoms with Crippen LogP contribution in [-0.2, 0) is 6.54 Å². The zero-order chi connectivity index (χ0) is 14.1. The molecule has 3 rings (SSSR count). The Bertz CT molecular complexity index is 661. The van der Waals surface area contributed by atoms with Crippen molar-refractivity contribution in [3.05, 3.63) is 45.9 Å². The second kappa shape index (κ2) is 5.31. The molecule has 4 nitrogen and oxygen atoms in total. The minimum atomic E-state index is 0.154. The van der Waals surface area contributed by atoms with Crippen molar-refractivity contribution in [2.24, 2.45) is 0 Å². The van der Waals surface area contributed by atoms with Gasteiger partial charge in [-0.2, -0.15) is 0 Å². The molecule has 0 aromatic heterocycles. The fraction of sp³-hybridized carbons (Fsp3) is 0.143. The molecule has 0 unspecified atom stereocenters. The molecular formula is C14H11Cl2NO3. The Morgan fingerprint density at radius 1 is 1.05 bits per heavy atom. The van der Waals surface area contributed by atoms with Crippen LogP contribution in [0.25, 0.3) is 0 Å². The molecule has 0 radical (unpaired) electrons. The van der Waals surface area contributed by atoms with E-state index in [2.05, 4.69) is 5.32 Å². The van der Waals surface area contributed by atoms with Gasteiger partial charge in [0.2, 0.25) is 6.79 Å². The quantitative estimate of drug-likeness (QED) is 0.898. The van der Waals surface area contributed by atoms with Crippen LogP contribution >= 0.6 is 23.2 Å². The molecule has 0 fully saturated rings. The second-order valence-electron chi connectivity index (χ2n) is 4.32. The Morgan fingerprint density at radius 2 is 1.80 bits per heavy atom. The number of halogens is 2. The molecule has 0 aliphatic carbocycles. The fourth-order valence-corrected chi connectivity index (χ4v) is 2.22. The van der Waals surface area contributed by atoms with Crippen molar-refractivity contribution >= 4 is 28.9 Å². The molecule has 1 aliphatic heterocycles. The average Bonchev–Trinajstić information content (AvgIpc) is 2.87. The van der Waals surface area contributed by atoms with Crippen molar-refractivity contribution in [1.82, 2.24) is 0 Å². The number of benzene rings is 2. The fourth-order valence-electron chi connectivity index (χ4n) is 1.92. The molecule has 2 N–H and O–H groups in total. The molecule has 0 bridgehead atoms. The lowest BCUT2D eigenvalue weighted by molar-refractivity contribution is 0.174. The number of anilines is 1. The van der Waals surface area contributed by atoms with Gasteiger partial charge in [0.1, 0.15) is 5.75 Å². The third-order valence-electron chi connectivity index (χ3n) is 2.98. The van der Waals surface area contributed by atoms with Crippen LogP contribution in [0.1, 0.15) is 5.56 Å². The average molecular weight is 312 g/mol. The number of aromatic hydroxyl groups is 1. The summed E-state index contributed by atoms with van der Waals surface area (Å²) < 4.78 is 10.5. The van der Waals surface area contributed by atoms with Gasteiger partial charge in [-0.3, -0.25) is 0 Å². The summed E-state index contributed by atoms with van der Waals surface area (Å²) in [4.78, 5) is 0. The summed E-state index contributed by atoms with van der Waals surface area (Å²) in [6.07, 6.45) is 0. The molecule has 1 heterocycles. The van der Waals surface area contributed by atoms with Crippen LogP contribution in [0.4, 0.5) is 5.69 Å². The summed E-state index contributed by atoms with van der Waals surface area (Å²) in [6, 6.07) is 8.56. The minimum Gasteiger partial charge on any atom is -0.507 e. The molecule has 20 heavy (non-hydrogen) atoms. The van der Waals surface area contributed by atoms with Crippen LogP contribution in [-0.4, -0.2) is 11.9 Å². The summed E-state index contributed by atoms with van der Waals surface area (Å²) in [7, 11) is 0. The smallest absolute Gasteiger partial charge is 0.231 e. The van der Waals surface area contributed by atoms with Gasteiger partial charge in [-0.15, -0.1) is 0 Å². The van der Waals surface area contributed by atoms with E-state index in [1.54, 1.807) is 24.3 Å². The van der Waals surface area contributed by atoms with Crippen LogP contribution < -0.4 is 14.8 Å². The lowest BCUT2D eigenvalue weighted by Gasteiger charge is -2.10. The van der Waals surface area contributed by atoms with E-state index in [1.165, 1.54) is 0 Å². The topological polar surface area (TPSA) is 50.7 Å². The molecule has 2 aromatic rings. The highest BCUT2D eigenvalue weighted by molar-refractivity contribution is 6.42. The van der Waals surface area contributed by atoms with Crippen LogP contribution in [0.15, 0.2) is 30.3 Å². The van der Waals surface area contributed by atoms with E-state index in [9.17, 15) is 5.11 Å². The summed E-state index contributed by atoms with van der Waals surface area (Å²) >= 11 is 11.8. The Hall–Kier alpha value is -1.78. The molecule has 0 saturated carbocycles. The van der Waals surface area contributed by atoms with Gasteiger partial charge in [0.15, 0.2) is 11.5 Å². The highest BCUT2D eigenvalue weighted by atomic mass is 35.5. The Balaban J connectivity index is 1.76. The molecule has 6 heteroatoms. The summed E-state index contributed by atoms with van der Waals surface area (Å²) in [6.45, 7) is 0.610. The third kappa shape index (κ3) is 2.57. The molecule has 0 spiro atoms. The molecule has 0 atom stereocenters. The number of hydrogen-bond donors (Lipinski definition) is 2. The molecular weight excluding hydrogens is 301 g/mol. The van der Waals surface area contributed by atoms with Crippen LogP contribution in [0.2, 0.25) is 10.0 Å². The monoisotopic (exact) mass is 311 g/mol. The van der Waals surface area contributed by atoms with Gasteiger partial charge in [-0.05, 0) is 24.3 Å². The van der Waals surface area contributed by atoms with E-state index in [4.69, 9.17) is 32.7 Å². The van der Waals surface area contributed by atoms with Gasteiger partial charge in [-0.1, -0.05) is 23.2 Å². The first kappa shape index (κ1) is 13.2. The van der Waals surface area contributed by atoms with E-state index in [0.29, 0.717) is 33.7 Å². The predicted molar refractivity (Wildman–Crippen MR) is 78.0 cm³/mol. The first-order chi connectivity index (χ1) is 9.63. The largest absolute Gasteiger partial charge is 0.507 e. The van der Waals surface area contributed by atoms with Crippen molar-refractivity contribution in [3.8, 4) is 17.2 Å². The Labute approximate surface area is 125 Å². The second-order valence-corrected chi connectivity index (χ2v) is 5.13. The molecule has 2 aromatic carbocycles. The van der Waals surface area contributed by atoms with E-state index in [1.807, 2.05) is 6.07 Å². The Kier molecular flexibility index (Phi) is 3.51. The summed E-state index contributed by atoms with van der Waals surface area (Å²) in [5, 5.41) is 14.1. The maximum Gasteiger partial charge on any atom is 0.231 e. The van der Waals surface area contributed by atoms with E-state index in [-0.39, 0.29) is 12.5 Å². The molecule has 0 saturated heterocycles. The van der Waals surface area contributed by atoms with Gasteiger partial charge in [0.25, 0.3) is 0 Å².